The predicted octanol–water partition coefficient (Wildman–Crippen LogP) is 2.59. The van der Waals surface area contributed by atoms with E-state index >= 15 is 0 Å². The van der Waals surface area contributed by atoms with Gasteiger partial charge >= 0.3 is 0 Å². The number of nitrogens with one attached hydrogen (secondary N) is 1. The van der Waals surface area contributed by atoms with Gasteiger partial charge in [-0.1, -0.05) is 20.8 Å². The lowest BCUT2D eigenvalue weighted by Crippen LogP contribution is -2.42. The normalized spacial score (nSPS) is 17.9. The summed E-state index contributed by atoms with van der Waals surface area (Å²) in [4.78, 5) is 0.795. The van der Waals surface area contributed by atoms with Gasteiger partial charge in [0.15, 0.2) is 11.5 Å². The number of benzene rings is 1. The lowest BCUT2D eigenvalue weighted by Gasteiger charge is -2.30. The Labute approximate surface area is 129 Å². The van der Waals surface area contributed by atoms with Gasteiger partial charge in [0.2, 0.25) is 0 Å². The van der Waals surface area contributed by atoms with E-state index in [4.69, 9.17) is 9.47 Å². The van der Waals surface area contributed by atoms with Crippen LogP contribution < -0.4 is 14.8 Å². The number of ether oxygens (including phenoxy) is 2. The van der Waals surface area contributed by atoms with Crippen LogP contribution in [0, 0.1) is 5.41 Å². The first kappa shape index (κ1) is 16.3. The van der Waals surface area contributed by atoms with Crippen molar-refractivity contribution < 1.29 is 13.7 Å². The molecule has 2 rings (SSSR count). The SMILES string of the molecule is CNC(CS(=O)c1ccc2c(c1)OCCCO2)C(C)(C)C. The van der Waals surface area contributed by atoms with Gasteiger partial charge in [-0.25, -0.2) is 0 Å². The standard InChI is InChI=1S/C16H25NO3S/c1-16(2,3)15(17-4)11-21(18)12-6-7-13-14(10-12)20-9-5-8-19-13/h6-7,10,15,17H,5,8-9,11H2,1-4H3. The Morgan fingerprint density at radius 2 is 1.90 bits per heavy atom. The van der Waals surface area contributed by atoms with Crippen molar-refractivity contribution in [3.63, 3.8) is 0 Å². The zero-order valence-electron chi connectivity index (χ0n) is 13.3. The molecule has 21 heavy (non-hydrogen) atoms. The van der Waals surface area contributed by atoms with Crippen LogP contribution in [0.15, 0.2) is 23.1 Å². The molecule has 0 radical (unpaired) electrons. The first-order valence-electron chi connectivity index (χ1n) is 7.37. The minimum Gasteiger partial charge on any atom is -0.490 e. The molecule has 0 amide bonds. The van der Waals surface area contributed by atoms with E-state index < -0.39 is 10.8 Å². The summed E-state index contributed by atoms with van der Waals surface area (Å²) >= 11 is 0. The number of hydrogen-bond acceptors (Lipinski definition) is 4. The fraction of sp³-hybridized carbons (Fsp3) is 0.625. The second kappa shape index (κ2) is 6.79. The average Bonchev–Trinajstić information content (AvgIpc) is 2.67. The van der Waals surface area contributed by atoms with Gasteiger partial charge in [0.1, 0.15) is 0 Å². The summed E-state index contributed by atoms with van der Waals surface area (Å²) in [5.74, 6) is 2.03. The maximum absolute atomic E-state index is 12.6. The molecule has 0 bridgehead atoms. The highest BCUT2D eigenvalue weighted by Gasteiger charge is 2.25. The molecular formula is C16H25NO3S. The van der Waals surface area contributed by atoms with E-state index in [1.807, 2.05) is 25.2 Å². The van der Waals surface area contributed by atoms with Gasteiger partial charge in [-0.2, -0.15) is 0 Å². The molecular weight excluding hydrogens is 286 g/mol. The number of rotatable bonds is 4. The molecule has 2 unspecified atom stereocenters. The van der Waals surface area contributed by atoms with Crippen LogP contribution >= 0.6 is 0 Å². The third-order valence-corrected chi connectivity index (χ3v) is 5.11. The van der Waals surface area contributed by atoms with E-state index in [-0.39, 0.29) is 11.5 Å². The highest BCUT2D eigenvalue weighted by Crippen LogP contribution is 2.32. The van der Waals surface area contributed by atoms with Crippen LogP contribution in [-0.2, 0) is 10.8 Å². The highest BCUT2D eigenvalue weighted by atomic mass is 32.2. The summed E-state index contributed by atoms with van der Waals surface area (Å²) in [6.45, 7) is 7.77. The van der Waals surface area contributed by atoms with Crippen molar-refractivity contribution in [2.75, 3.05) is 26.0 Å². The Balaban J connectivity index is 2.14. The second-order valence-electron chi connectivity index (χ2n) is 6.38. The van der Waals surface area contributed by atoms with Crippen molar-refractivity contribution >= 4 is 10.8 Å². The molecule has 1 aliphatic rings. The van der Waals surface area contributed by atoms with Gasteiger partial charge < -0.3 is 14.8 Å². The third-order valence-electron chi connectivity index (χ3n) is 3.69. The minimum absolute atomic E-state index is 0.0652. The Hall–Kier alpha value is -1.07. The quantitative estimate of drug-likeness (QED) is 0.928. The van der Waals surface area contributed by atoms with Crippen molar-refractivity contribution in [1.29, 1.82) is 0 Å². The van der Waals surface area contributed by atoms with Gasteiger partial charge in [0.05, 0.1) is 24.0 Å². The van der Waals surface area contributed by atoms with E-state index in [0.717, 1.165) is 17.1 Å². The van der Waals surface area contributed by atoms with E-state index in [2.05, 4.69) is 26.1 Å². The molecule has 0 spiro atoms. The Morgan fingerprint density at radius 1 is 1.24 bits per heavy atom. The summed E-state index contributed by atoms with van der Waals surface area (Å²) in [6, 6.07) is 5.78. The molecule has 1 N–H and O–H groups in total. The van der Waals surface area contributed by atoms with Crippen molar-refractivity contribution in [2.24, 2.45) is 5.41 Å². The summed E-state index contributed by atoms with van der Waals surface area (Å²) in [5.41, 5.74) is 0.0652. The second-order valence-corrected chi connectivity index (χ2v) is 7.87. The lowest BCUT2D eigenvalue weighted by atomic mass is 9.88. The molecule has 1 aliphatic heterocycles. The molecule has 2 atom stereocenters. The van der Waals surface area contributed by atoms with E-state index in [9.17, 15) is 4.21 Å². The fourth-order valence-corrected chi connectivity index (χ4v) is 3.92. The molecule has 0 saturated carbocycles. The first-order valence-corrected chi connectivity index (χ1v) is 8.69. The molecule has 0 aromatic heterocycles. The summed E-state index contributed by atoms with van der Waals surface area (Å²) in [6.07, 6.45) is 0.874. The van der Waals surface area contributed by atoms with Crippen LogP contribution in [0.2, 0.25) is 0 Å². The Bertz CT molecular complexity index is 511. The zero-order chi connectivity index (χ0) is 15.5. The van der Waals surface area contributed by atoms with Crippen LogP contribution in [0.25, 0.3) is 0 Å². The zero-order valence-corrected chi connectivity index (χ0v) is 14.1. The molecule has 0 fully saturated rings. The fourth-order valence-electron chi connectivity index (χ4n) is 2.30. The van der Waals surface area contributed by atoms with E-state index in [0.29, 0.717) is 24.7 Å². The molecule has 1 aromatic carbocycles. The molecule has 0 aliphatic carbocycles. The number of fused-ring (bicyclic) bond motifs is 1. The lowest BCUT2D eigenvalue weighted by molar-refractivity contribution is 0.297. The topological polar surface area (TPSA) is 47.6 Å². The van der Waals surface area contributed by atoms with Crippen LogP contribution in [0.4, 0.5) is 0 Å². The molecule has 4 nitrogen and oxygen atoms in total. The predicted molar refractivity (Wildman–Crippen MR) is 85.6 cm³/mol. The van der Waals surface area contributed by atoms with Crippen molar-refractivity contribution in [2.45, 2.75) is 38.1 Å². The summed E-state index contributed by atoms with van der Waals surface area (Å²) in [5, 5.41) is 3.27. The summed E-state index contributed by atoms with van der Waals surface area (Å²) < 4.78 is 23.9. The van der Waals surface area contributed by atoms with Gasteiger partial charge in [-0.05, 0) is 24.6 Å². The van der Waals surface area contributed by atoms with Gasteiger partial charge in [-0.3, -0.25) is 4.21 Å². The molecule has 1 aromatic rings. The van der Waals surface area contributed by atoms with Crippen molar-refractivity contribution in [1.82, 2.24) is 5.32 Å². The number of hydrogen-bond donors (Lipinski definition) is 1. The van der Waals surface area contributed by atoms with Gasteiger partial charge in [0, 0.05) is 29.2 Å². The third kappa shape index (κ3) is 4.20. The van der Waals surface area contributed by atoms with Crippen molar-refractivity contribution in [3.8, 4) is 11.5 Å². The Kier molecular flexibility index (Phi) is 5.27. The van der Waals surface area contributed by atoms with Crippen molar-refractivity contribution in [3.05, 3.63) is 18.2 Å². The molecule has 0 saturated heterocycles. The molecule has 5 heteroatoms. The van der Waals surface area contributed by atoms with Crippen LogP contribution in [0.3, 0.4) is 0 Å². The smallest absolute Gasteiger partial charge is 0.162 e. The van der Waals surface area contributed by atoms with Gasteiger partial charge in [-0.15, -0.1) is 0 Å². The minimum atomic E-state index is -1.06. The Morgan fingerprint density at radius 3 is 2.52 bits per heavy atom. The highest BCUT2D eigenvalue weighted by molar-refractivity contribution is 7.85. The maximum atomic E-state index is 12.6. The van der Waals surface area contributed by atoms with E-state index in [1.54, 1.807) is 0 Å². The molecule has 118 valence electrons. The monoisotopic (exact) mass is 311 g/mol. The largest absolute Gasteiger partial charge is 0.490 e. The molecule has 1 heterocycles. The summed E-state index contributed by atoms with van der Waals surface area (Å²) in [7, 11) is 0.856. The van der Waals surface area contributed by atoms with Crippen LogP contribution in [-0.4, -0.2) is 36.3 Å². The van der Waals surface area contributed by atoms with Crippen LogP contribution in [0.1, 0.15) is 27.2 Å². The van der Waals surface area contributed by atoms with Gasteiger partial charge in [0.25, 0.3) is 0 Å². The first-order chi connectivity index (χ1) is 9.91. The maximum Gasteiger partial charge on any atom is 0.162 e. The van der Waals surface area contributed by atoms with Crippen LogP contribution in [0.5, 0.6) is 11.5 Å². The average molecular weight is 311 g/mol. The van der Waals surface area contributed by atoms with E-state index in [1.165, 1.54) is 0 Å².